The topological polar surface area (TPSA) is 12.4 Å². The number of rotatable bonds is 1. The maximum absolute atomic E-state index is 4.54. The molecule has 2 rings (SSSR count). The summed E-state index contributed by atoms with van der Waals surface area (Å²) < 4.78 is 0. The number of hydrogen-bond acceptors (Lipinski definition) is 2. The summed E-state index contributed by atoms with van der Waals surface area (Å²) in [6.45, 7) is 0. The number of fused-ring (bicyclic) bond motifs is 1. The molecule has 0 bridgehead atoms. The highest BCUT2D eigenvalue weighted by molar-refractivity contribution is 7.78. The molecule has 0 heterocycles. The van der Waals surface area contributed by atoms with E-state index in [1.54, 1.807) is 0 Å². The molecule has 2 heteroatoms. The predicted molar refractivity (Wildman–Crippen MR) is 57.8 cm³/mol. The summed E-state index contributed by atoms with van der Waals surface area (Å²) in [6, 6.07) is 14.1. The summed E-state index contributed by atoms with van der Waals surface area (Å²) in [5.41, 5.74) is 3.22. The molecule has 0 spiro atoms. The van der Waals surface area contributed by atoms with Gasteiger partial charge >= 0.3 is 0 Å². The van der Waals surface area contributed by atoms with Crippen molar-refractivity contribution >= 4 is 23.1 Å². The molecule has 13 heavy (non-hydrogen) atoms. The van der Waals surface area contributed by atoms with E-state index in [0.717, 1.165) is 5.69 Å². The normalized spacial score (nSPS) is 9.54. The lowest BCUT2D eigenvalue weighted by atomic mass is 10.2. The van der Waals surface area contributed by atoms with Crippen molar-refractivity contribution in [2.75, 3.05) is 0 Å². The molecule has 0 N–H and O–H groups in total. The fourth-order valence-corrected chi connectivity index (χ4v) is 1.42. The quantitative estimate of drug-likeness (QED) is 0.489. The summed E-state index contributed by atoms with van der Waals surface area (Å²) in [5, 5.41) is 2.36. The zero-order valence-electron chi connectivity index (χ0n) is 6.90. The van der Waals surface area contributed by atoms with Crippen molar-refractivity contribution in [3.8, 4) is 11.1 Å². The minimum atomic E-state index is 0.871. The monoisotopic (exact) mass is 185 g/mol. The number of hydrogen-bond donors (Lipinski definition) is 0. The van der Waals surface area contributed by atoms with Gasteiger partial charge in [0.05, 0.1) is 10.8 Å². The van der Waals surface area contributed by atoms with Gasteiger partial charge in [-0.05, 0) is 35.5 Å². The second-order valence-electron chi connectivity index (χ2n) is 2.74. The summed E-state index contributed by atoms with van der Waals surface area (Å²) in [7, 11) is 0. The molecular weight excluding hydrogens is 178 g/mol. The lowest BCUT2D eigenvalue weighted by Crippen LogP contribution is -1.59. The van der Waals surface area contributed by atoms with Crippen LogP contribution in [0.3, 0.4) is 0 Å². The van der Waals surface area contributed by atoms with E-state index < -0.39 is 0 Å². The molecule has 0 aromatic heterocycles. The number of aliphatic imine (C=N–C) groups is 1. The summed E-state index contributed by atoms with van der Waals surface area (Å²) >= 11 is 4.54. The Morgan fingerprint density at radius 2 is 1.62 bits per heavy atom. The van der Waals surface area contributed by atoms with Crippen molar-refractivity contribution < 1.29 is 0 Å². The van der Waals surface area contributed by atoms with Crippen molar-refractivity contribution in [2.24, 2.45) is 4.99 Å². The van der Waals surface area contributed by atoms with E-state index in [2.05, 4.69) is 34.5 Å². The van der Waals surface area contributed by atoms with Crippen LogP contribution in [-0.4, -0.2) is 5.16 Å². The van der Waals surface area contributed by atoms with Crippen LogP contribution in [0.4, 0.5) is 5.69 Å². The van der Waals surface area contributed by atoms with Crippen molar-refractivity contribution in [1.82, 2.24) is 0 Å². The molecule has 0 radical (unpaired) electrons. The highest BCUT2D eigenvalue weighted by Gasteiger charge is 2.02. The maximum Gasteiger partial charge on any atom is 0.0751 e. The van der Waals surface area contributed by atoms with Crippen LogP contribution in [0.2, 0.25) is 0 Å². The first kappa shape index (κ1) is 8.11. The van der Waals surface area contributed by atoms with Gasteiger partial charge in [0.25, 0.3) is 0 Å². The Morgan fingerprint density at radius 1 is 1.00 bits per heavy atom. The highest BCUT2D eigenvalue weighted by Crippen LogP contribution is 2.29. The Labute approximate surface area is 82.1 Å². The molecule has 2 aliphatic carbocycles. The molecule has 0 aromatic carbocycles. The fraction of sp³-hybridized carbons (Fsp3) is 0. The van der Waals surface area contributed by atoms with E-state index in [4.69, 9.17) is 0 Å². The first-order valence-electron chi connectivity index (χ1n) is 3.97. The third-order valence-corrected chi connectivity index (χ3v) is 1.98. The zero-order valence-corrected chi connectivity index (χ0v) is 7.71. The van der Waals surface area contributed by atoms with Gasteiger partial charge < -0.3 is 0 Å². The van der Waals surface area contributed by atoms with Gasteiger partial charge in [-0.2, -0.15) is 4.99 Å². The zero-order chi connectivity index (χ0) is 9.10. The van der Waals surface area contributed by atoms with Crippen molar-refractivity contribution in [1.29, 1.82) is 0 Å². The Morgan fingerprint density at radius 3 is 2.15 bits per heavy atom. The number of nitrogens with zero attached hydrogens (tertiary/aromatic N) is 1. The second kappa shape index (κ2) is 3.48. The molecule has 62 valence electrons. The molecule has 0 fully saturated rings. The highest BCUT2D eigenvalue weighted by atomic mass is 32.1. The lowest BCUT2D eigenvalue weighted by Gasteiger charge is -1.85. The average Bonchev–Trinajstić information content (AvgIpc) is 2.37. The van der Waals surface area contributed by atoms with E-state index in [1.165, 1.54) is 11.1 Å². The van der Waals surface area contributed by atoms with Crippen LogP contribution in [0.5, 0.6) is 0 Å². The van der Waals surface area contributed by atoms with Gasteiger partial charge in [-0.25, -0.2) is 0 Å². The second-order valence-corrected chi connectivity index (χ2v) is 2.92. The maximum atomic E-state index is 4.54. The van der Waals surface area contributed by atoms with E-state index in [9.17, 15) is 0 Å². The first-order valence-corrected chi connectivity index (χ1v) is 4.37. The Hall–Kier alpha value is -1.50. The molecule has 0 saturated heterocycles. The van der Waals surface area contributed by atoms with Gasteiger partial charge in [-0.1, -0.05) is 30.3 Å². The Balaban J connectivity index is 2.63. The van der Waals surface area contributed by atoms with Gasteiger partial charge in [-0.15, -0.1) is 0 Å². The summed E-state index contributed by atoms with van der Waals surface area (Å²) in [4.78, 5) is 3.93. The lowest BCUT2D eigenvalue weighted by molar-refractivity contribution is 1.63. The smallest absolute Gasteiger partial charge is 0.0751 e. The van der Waals surface area contributed by atoms with Crippen LogP contribution in [0, 0.1) is 0 Å². The summed E-state index contributed by atoms with van der Waals surface area (Å²) in [5.74, 6) is 0. The minimum Gasteiger partial charge on any atom is -0.195 e. The molecule has 0 amide bonds. The first-order chi connectivity index (χ1) is 6.40. The minimum absolute atomic E-state index is 0.871. The van der Waals surface area contributed by atoms with Gasteiger partial charge in [0.15, 0.2) is 0 Å². The molecule has 0 atom stereocenters. The molecule has 0 aliphatic heterocycles. The van der Waals surface area contributed by atoms with Crippen LogP contribution in [0.15, 0.2) is 47.5 Å². The number of thiocarbonyl (C=S) groups is 1. The number of isothiocyanates is 1. The van der Waals surface area contributed by atoms with E-state index >= 15 is 0 Å². The van der Waals surface area contributed by atoms with Gasteiger partial charge in [-0.3, -0.25) is 0 Å². The van der Waals surface area contributed by atoms with Crippen molar-refractivity contribution in [2.45, 2.75) is 0 Å². The molecular formula is C11H7NS. The van der Waals surface area contributed by atoms with Gasteiger partial charge in [0, 0.05) is 0 Å². The van der Waals surface area contributed by atoms with Crippen LogP contribution in [-0.2, 0) is 0 Å². The average molecular weight is 185 g/mol. The van der Waals surface area contributed by atoms with E-state index in [1.807, 2.05) is 30.3 Å². The van der Waals surface area contributed by atoms with Gasteiger partial charge in [0.1, 0.15) is 0 Å². The van der Waals surface area contributed by atoms with Gasteiger partial charge in [0.2, 0.25) is 0 Å². The fourth-order valence-electron chi connectivity index (χ4n) is 1.32. The molecule has 2 aliphatic rings. The van der Waals surface area contributed by atoms with Crippen LogP contribution >= 0.6 is 12.2 Å². The molecule has 0 aromatic rings. The third-order valence-electron chi connectivity index (χ3n) is 1.89. The van der Waals surface area contributed by atoms with Crippen molar-refractivity contribution in [3.63, 3.8) is 0 Å². The SMILES string of the molecule is S=C=Nc1cc2cccccc-2c1. The van der Waals surface area contributed by atoms with Crippen LogP contribution in [0.1, 0.15) is 0 Å². The van der Waals surface area contributed by atoms with Crippen LogP contribution in [0.25, 0.3) is 11.1 Å². The molecule has 0 saturated carbocycles. The van der Waals surface area contributed by atoms with Crippen molar-refractivity contribution in [3.05, 3.63) is 42.5 Å². The molecule has 1 nitrogen and oxygen atoms in total. The van der Waals surface area contributed by atoms with E-state index in [0.29, 0.717) is 0 Å². The predicted octanol–water partition coefficient (Wildman–Crippen LogP) is 3.53. The Bertz CT molecular complexity index is 413. The Kier molecular flexibility index (Phi) is 2.17. The molecule has 0 unspecified atom stereocenters. The standard InChI is InChI=1S/C11H7NS/c13-8-12-11-6-9-4-2-1-3-5-10(9)7-11/h1-7H. The van der Waals surface area contributed by atoms with Crippen LogP contribution < -0.4 is 0 Å². The third kappa shape index (κ3) is 1.64. The summed E-state index contributed by atoms with van der Waals surface area (Å²) in [6.07, 6.45) is 0. The van der Waals surface area contributed by atoms with E-state index in [-0.39, 0.29) is 0 Å². The largest absolute Gasteiger partial charge is 0.195 e.